The maximum Gasteiger partial charge on any atom is 0.251 e. The summed E-state index contributed by atoms with van der Waals surface area (Å²) in [5.74, 6) is 2.37. The summed E-state index contributed by atoms with van der Waals surface area (Å²) < 4.78 is 0.502. The van der Waals surface area contributed by atoms with E-state index in [1.165, 1.54) is 23.5 Å². The van der Waals surface area contributed by atoms with Crippen LogP contribution >= 0.6 is 35.9 Å². The Morgan fingerprint density at radius 2 is 1.72 bits per heavy atom. The topological polar surface area (TPSA) is 55.1 Å². The van der Waals surface area contributed by atoms with E-state index in [1.54, 1.807) is 0 Å². The molecule has 0 saturated carbocycles. The molecule has 0 spiro atoms. The second-order valence-corrected chi connectivity index (χ2v) is 8.50. The summed E-state index contributed by atoms with van der Waals surface area (Å²) in [6.07, 6.45) is 1.29. The van der Waals surface area contributed by atoms with Crippen LogP contribution in [0.15, 0.2) is 54.6 Å². The van der Waals surface area contributed by atoms with E-state index in [4.69, 9.17) is 5.73 Å². The summed E-state index contributed by atoms with van der Waals surface area (Å²) in [5.41, 5.74) is 9.13. The molecule has 25 heavy (non-hydrogen) atoms. The van der Waals surface area contributed by atoms with Crippen LogP contribution in [0.2, 0.25) is 0 Å². The van der Waals surface area contributed by atoms with E-state index in [9.17, 15) is 4.79 Å². The first-order valence-corrected chi connectivity index (χ1v) is 10.3. The number of carbonyl (C=O) groups is 1. The average molecular weight is 395 g/mol. The molecule has 1 atom stereocenters. The number of nitrogens with one attached hydrogen (secondary N) is 1. The lowest BCUT2D eigenvalue weighted by atomic mass is 10.1. The van der Waals surface area contributed by atoms with Crippen LogP contribution in [0.5, 0.6) is 0 Å². The van der Waals surface area contributed by atoms with E-state index >= 15 is 0 Å². The largest absolute Gasteiger partial charge is 0.350 e. The Morgan fingerprint density at radius 3 is 2.36 bits per heavy atom. The zero-order chi connectivity index (χ0) is 16.8. The molecule has 0 aliphatic carbocycles. The van der Waals surface area contributed by atoms with E-state index in [0.717, 1.165) is 5.56 Å². The monoisotopic (exact) mass is 394 g/mol. The van der Waals surface area contributed by atoms with E-state index in [2.05, 4.69) is 17.4 Å². The molecular formula is C19H23ClN2OS2. The van der Waals surface area contributed by atoms with E-state index in [1.807, 2.05) is 66.0 Å². The molecule has 3 nitrogen and oxygen atoms in total. The lowest BCUT2D eigenvalue weighted by molar-refractivity contribution is 0.0951. The SMILES string of the molecule is Cl.NC(CNC(=O)c1ccc(C2SCCCS2)cc1)c1ccccc1. The Bertz CT molecular complexity index is 661. The van der Waals surface area contributed by atoms with Crippen LogP contribution in [0, 0.1) is 0 Å². The molecular weight excluding hydrogens is 372 g/mol. The van der Waals surface area contributed by atoms with Gasteiger partial charge in [-0.2, -0.15) is 0 Å². The summed E-state index contributed by atoms with van der Waals surface area (Å²) >= 11 is 3.98. The Hall–Kier alpha value is -1.14. The van der Waals surface area contributed by atoms with Crippen molar-refractivity contribution in [3.63, 3.8) is 0 Å². The van der Waals surface area contributed by atoms with Gasteiger partial charge in [-0.1, -0.05) is 42.5 Å². The van der Waals surface area contributed by atoms with E-state index in [0.29, 0.717) is 16.7 Å². The minimum absolute atomic E-state index is 0. The van der Waals surface area contributed by atoms with Gasteiger partial charge in [-0.15, -0.1) is 35.9 Å². The maximum absolute atomic E-state index is 12.3. The van der Waals surface area contributed by atoms with Gasteiger partial charge in [0.05, 0.1) is 4.58 Å². The highest BCUT2D eigenvalue weighted by Gasteiger charge is 2.17. The molecule has 134 valence electrons. The predicted octanol–water partition coefficient (Wildman–Crippen LogP) is 4.41. The lowest BCUT2D eigenvalue weighted by Gasteiger charge is -2.21. The maximum atomic E-state index is 12.3. The minimum Gasteiger partial charge on any atom is -0.350 e. The van der Waals surface area contributed by atoms with Crippen molar-refractivity contribution in [1.82, 2.24) is 5.32 Å². The Labute approximate surface area is 163 Å². The highest BCUT2D eigenvalue weighted by molar-refractivity contribution is 8.16. The number of nitrogens with two attached hydrogens (primary N) is 1. The quantitative estimate of drug-likeness (QED) is 0.788. The van der Waals surface area contributed by atoms with Gasteiger partial charge in [0.1, 0.15) is 0 Å². The van der Waals surface area contributed by atoms with Crippen molar-refractivity contribution < 1.29 is 4.79 Å². The van der Waals surface area contributed by atoms with Crippen LogP contribution < -0.4 is 11.1 Å². The van der Waals surface area contributed by atoms with Crippen LogP contribution in [0.25, 0.3) is 0 Å². The third-order valence-corrected chi connectivity index (χ3v) is 7.00. The Kier molecular flexibility index (Phi) is 8.16. The van der Waals surface area contributed by atoms with Gasteiger partial charge < -0.3 is 11.1 Å². The van der Waals surface area contributed by atoms with Gasteiger partial charge in [-0.25, -0.2) is 0 Å². The van der Waals surface area contributed by atoms with Crippen LogP contribution in [-0.2, 0) is 0 Å². The Morgan fingerprint density at radius 1 is 1.08 bits per heavy atom. The number of hydrogen-bond donors (Lipinski definition) is 2. The smallest absolute Gasteiger partial charge is 0.251 e. The number of carbonyl (C=O) groups excluding carboxylic acids is 1. The van der Waals surface area contributed by atoms with Crippen molar-refractivity contribution >= 4 is 41.8 Å². The van der Waals surface area contributed by atoms with Gasteiger partial charge in [-0.3, -0.25) is 4.79 Å². The molecule has 2 aromatic rings. The molecule has 1 fully saturated rings. The third kappa shape index (κ3) is 5.68. The van der Waals surface area contributed by atoms with Crippen LogP contribution in [-0.4, -0.2) is 24.0 Å². The molecule has 0 bridgehead atoms. The van der Waals surface area contributed by atoms with E-state index < -0.39 is 0 Å². The Balaban J connectivity index is 0.00000225. The van der Waals surface area contributed by atoms with Gasteiger partial charge in [-0.05, 0) is 41.2 Å². The molecule has 3 N–H and O–H groups in total. The molecule has 0 radical (unpaired) electrons. The van der Waals surface area contributed by atoms with Gasteiger partial charge >= 0.3 is 0 Å². The van der Waals surface area contributed by atoms with Crippen LogP contribution in [0.4, 0.5) is 0 Å². The first-order valence-electron chi connectivity index (χ1n) is 8.16. The second kappa shape index (κ2) is 10.1. The molecule has 6 heteroatoms. The normalized spacial score (nSPS) is 15.9. The van der Waals surface area contributed by atoms with Crippen LogP contribution in [0.3, 0.4) is 0 Å². The standard InChI is InChI=1S/C19H22N2OS2.ClH/c20-17(14-5-2-1-3-6-14)13-21-18(22)15-7-9-16(10-8-15)19-23-11-4-12-24-19;/h1-3,5-10,17,19H,4,11-13,20H2,(H,21,22);1H. The van der Waals surface area contributed by atoms with Crippen molar-refractivity contribution in [1.29, 1.82) is 0 Å². The number of amides is 1. The zero-order valence-corrected chi connectivity index (χ0v) is 16.3. The van der Waals surface area contributed by atoms with Gasteiger partial charge in [0.2, 0.25) is 0 Å². The molecule has 1 heterocycles. The van der Waals surface area contributed by atoms with Crippen molar-refractivity contribution in [3.8, 4) is 0 Å². The fourth-order valence-electron chi connectivity index (χ4n) is 2.59. The molecule has 1 aliphatic heterocycles. The third-order valence-electron chi connectivity index (χ3n) is 3.98. The number of thioether (sulfide) groups is 2. The first kappa shape index (κ1) is 20.2. The molecule has 2 aromatic carbocycles. The summed E-state index contributed by atoms with van der Waals surface area (Å²) in [5, 5.41) is 2.92. The van der Waals surface area contributed by atoms with Gasteiger partial charge in [0.25, 0.3) is 5.91 Å². The number of rotatable bonds is 5. The van der Waals surface area contributed by atoms with Crippen molar-refractivity contribution in [2.24, 2.45) is 5.73 Å². The zero-order valence-electron chi connectivity index (χ0n) is 13.9. The van der Waals surface area contributed by atoms with Crippen LogP contribution in [0.1, 0.15) is 38.5 Å². The lowest BCUT2D eigenvalue weighted by Crippen LogP contribution is -2.31. The number of hydrogen-bond acceptors (Lipinski definition) is 4. The minimum atomic E-state index is -0.190. The summed E-state index contributed by atoms with van der Waals surface area (Å²) in [4.78, 5) is 12.3. The highest BCUT2D eigenvalue weighted by atomic mass is 35.5. The molecule has 0 aromatic heterocycles. The number of halogens is 1. The molecule has 1 unspecified atom stereocenters. The van der Waals surface area contributed by atoms with Crippen molar-refractivity contribution in [2.75, 3.05) is 18.1 Å². The highest BCUT2D eigenvalue weighted by Crippen LogP contribution is 2.43. The fourth-order valence-corrected chi connectivity index (χ4v) is 5.49. The molecule has 3 rings (SSSR count). The predicted molar refractivity (Wildman–Crippen MR) is 112 cm³/mol. The average Bonchev–Trinajstić information content (AvgIpc) is 2.67. The molecule has 1 saturated heterocycles. The van der Waals surface area contributed by atoms with Crippen molar-refractivity contribution in [2.45, 2.75) is 17.0 Å². The number of benzene rings is 2. The molecule has 1 aliphatic rings. The summed E-state index contributed by atoms with van der Waals surface area (Å²) in [6, 6.07) is 17.6. The summed E-state index contributed by atoms with van der Waals surface area (Å²) in [6.45, 7) is 0.429. The van der Waals surface area contributed by atoms with Gasteiger partial charge in [0.15, 0.2) is 0 Å². The van der Waals surface area contributed by atoms with Crippen molar-refractivity contribution in [3.05, 3.63) is 71.3 Å². The second-order valence-electron chi connectivity index (χ2n) is 5.78. The fraction of sp³-hybridized carbons (Fsp3) is 0.316. The summed E-state index contributed by atoms with van der Waals surface area (Å²) in [7, 11) is 0. The van der Waals surface area contributed by atoms with E-state index in [-0.39, 0.29) is 24.4 Å². The van der Waals surface area contributed by atoms with Gasteiger partial charge in [0, 0.05) is 18.2 Å². The molecule has 1 amide bonds. The first-order chi connectivity index (χ1) is 11.7.